The molecular formula is C24H19ClF3N5OS. The van der Waals surface area contributed by atoms with E-state index in [2.05, 4.69) is 25.4 Å². The van der Waals surface area contributed by atoms with Crippen molar-refractivity contribution in [3.63, 3.8) is 0 Å². The third-order valence-corrected chi connectivity index (χ3v) is 8.03. The second-order valence-corrected chi connectivity index (χ2v) is 10.3. The molecule has 1 aromatic heterocycles. The van der Waals surface area contributed by atoms with E-state index in [1.807, 2.05) is 6.07 Å². The van der Waals surface area contributed by atoms with Gasteiger partial charge in [0.2, 0.25) is 5.88 Å². The fourth-order valence-corrected chi connectivity index (χ4v) is 6.25. The fraction of sp³-hybridized carbons (Fsp3) is 0.292. The van der Waals surface area contributed by atoms with Crippen molar-refractivity contribution >= 4 is 39.9 Å². The summed E-state index contributed by atoms with van der Waals surface area (Å²) in [7, 11) is 0. The summed E-state index contributed by atoms with van der Waals surface area (Å²) in [5, 5.41) is 24.3. The maximum atomic E-state index is 13.9. The normalized spacial score (nSPS) is 21.4. The standard InChI is InChI=1S/C24H19ClF3N5OS/c25-15-3-1-13(19(7-15)24(26,27)28)6-18(12-2-4-20-14(5-12)9-30-32-20)21-22(34)31-23(35-21)33-11-16-8-17(33)10-29-16/h1-5,7,9,16-17,29,34H,6,8,10-11H2. The predicted molar refractivity (Wildman–Crippen MR) is 129 cm³/mol. The van der Waals surface area contributed by atoms with E-state index in [0.29, 0.717) is 38.2 Å². The first kappa shape index (κ1) is 22.5. The summed E-state index contributed by atoms with van der Waals surface area (Å²) >= 11 is 7.20. The van der Waals surface area contributed by atoms with E-state index in [9.17, 15) is 18.3 Å². The molecule has 3 aliphatic heterocycles. The van der Waals surface area contributed by atoms with Gasteiger partial charge in [0.1, 0.15) is 0 Å². The van der Waals surface area contributed by atoms with Gasteiger partial charge in [-0.25, -0.2) is 0 Å². The Morgan fingerprint density at radius 2 is 2.09 bits per heavy atom. The molecule has 11 heteroatoms. The number of fused-ring (bicyclic) bond motifs is 3. The lowest BCUT2D eigenvalue weighted by molar-refractivity contribution is -0.138. The second-order valence-electron chi connectivity index (χ2n) is 8.87. The molecule has 180 valence electrons. The predicted octanol–water partition coefficient (Wildman–Crippen LogP) is 3.48. The highest BCUT2D eigenvalue weighted by Gasteiger charge is 2.39. The molecule has 0 amide bonds. The van der Waals surface area contributed by atoms with E-state index in [-0.39, 0.29) is 22.9 Å². The lowest BCUT2D eigenvalue weighted by atomic mass is 9.96. The zero-order valence-corrected chi connectivity index (χ0v) is 19.8. The van der Waals surface area contributed by atoms with E-state index in [1.165, 1.54) is 23.5 Å². The summed E-state index contributed by atoms with van der Waals surface area (Å²) in [5.74, 6) is -0.183. The maximum Gasteiger partial charge on any atom is 0.416 e. The van der Waals surface area contributed by atoms with Gasteiger partial charge in [0.25, 0.3) is 0 Å². The number of benzene rings is 2. The zero-order chi connectivity index (χ0) is 24.3. The van der Waals surface area contributed by atoms with Crippen molar-refractivity contribution in [1.82, 2.24) is 10.3 Å². The first-order valence-corrected chi connectivity index (χ1v) is 12.3. The molecule has 6 rings (SSSR count). The summed E-state index contributed by atoms with van der Waals surface area (Å²) in [6.45, 7) is 1.64. The molecule has 2 fully saturated rings. The molecule has 2 atom stereocenters. The topological polar surface area (TPSA) is 73.1 Å². The summed E-state index contributed by atoms with van der Waals surface area (Å²) in [6, 6.07) is 9.85. The molecule has 0 radical (unpaired) electrons. The third kappa shape index (κ3) is 4.09. The lowest BCUT2D eigenvalue weighted by Crippen LogP contribution is -2.43. The lowest BCUT2D eigenvalue weighted by Gasteiger charge is -2.26. The number of aromatic nitrogens is 1. The third-order valence-electron chi connectivity index (χ3n) is 6.66. The van der Waals surface area contributed by atoms with Crippen LogP contribution in [0.25, 0.3) is 5.57 Å². The minimum absolute atomic E-state index is 0.0126. The van der Waals surface area contributed by atoms with Gasteiger partial charge in [-0.1, -0.05) is 35.1 Å². The number of rotatable bonds is 4. The Morgan fingerprint density at radius 3 is 2.83 bits per heavy atom. The minimum Gasteiger partial charge on any atom is -0.492 e. The van der Waals surface area contributed by atoms with Crippen LogP contribution in [0.4, 0.5) is 18.3 Å². The highest BCUT2D eigenvalue weighted by molar-refractivity contribution is 7.17. The molecule has 0 spiro atoms. The van der Waals surface area contributed by atoms with Crippen molar-refractivity contribution < 1.29 is 18.3 Å². The van der Waals surface area contributed by atoms with Gasteiger partial charge in [-0.05, 0) is 47.0 Å². The molecule has 35 heavy (non-hydrogen) atoms. The molecule has 2 unspecified atom stereocenters. The highest BCUT2D eigenvalue weighted by Crippen LogP contribution is 2.41. The first-order valence-electron chi connectivity index (χ1n) is 11.1. The number of nitrogens with one attached hydrogen (secondary N) is 1. The van der Waals surface area contributed by atoms with Crippen molar-refractivity contribution in [1.29, 1.82) is 0 Å². The minimum atomic E-state index is -4.57. The summed E-state index contributed by atoms with van der Waals surface area (Å²) in [4.78, 5) is 7.04. The zero-order valence-electron chi connectivity index (χ0n) is 18.2. The number of alkyl halides is 3. The number of aromatic hydroxyl groups is 1. The van der Waals surface area contributed by atoms with E-state index in [0.717, 1.165) is 31.1 Å². The Kier molecular flexibility index (Phi) is 5.35. The van der Waals surface area contributed by atoms with Crippen LogP contribution < -0.4 is 20.8 Å². The van der Waals surface area contributed by atoms with Gasteiger partial charge in [0.15, 0.2) is 5.13 Å². The van der Waals surface area contributed by atoms with Gasteiger partial charge in [0.05, 0.1) is 22.0 Å². The van der Waals surface area contributed by atoms with Crippen molar-refractivity contribution in [2.45, 2.75) is 31.1 Å². The molecule has 0 saturated carbocycles. The van der Waals surface area contributed by atoms with Crippen LogP contribution in [-0.4, -0.2) is 41.5 Å². The summed E-state index contributed by atoms with van der Waals surface area (Å²) < 4.78 is 41.6. The van der Waals surface area contributed by atoms with Crippen molar-refractivity contribution in [3.05, 3.63) is 73.6 Å². The molecule has 0 aliphatic carbocycles. The number of anilines is 1. The van der Waals surface area contributed by atoms with Gasteiger partial charge in [-0.3, -0.25) is 0 Å². The van der Waals surface area contributed by atoms with Crippen molar-refractivity contribution in [3.8, 4) is 5.88 Å². The van der Waals surface area contributed by atoms with Crippen LogP contribution in [0, 0.1) is 0 Å². The van der Waals surface area contributed by atoms with Crippen molar-refractivity contribution in [2.24, 2.45) is 10.2 Å². The Morgan fingerprint density at radius 1 is 1.23 bits per heavy atom. The van der Waals surface area contributed by atoms with Gasteiger partial charge in [-0.15, -0.1) is 0 Å². The highest BCUT2D eigenvalue weighted by atomic mass is 35.5. The van der Waals surface area contributed by atoms with Crippen LogP contribution in [-0.2, 0) is 12.6 Å². The number of thiazole rings is 1. The molecule has 2 bridgehead atoms. The molecule has 3 aromatic rings. The SMILES string of the molecule is Oc1nc(N2CC3CC2CN3)sc1C(Cc1ccc(Cl)cc1C(F)(F)F)=c1ccc2c(c1)C=NN=2. The summed E-state index contributed by atoms with van der Waals surface area (Å²) in [6.07, 6.45) is -2.02. The van der Waals surface area contributed by atoms with Crippen molar-refractivity contribution in [2.75, 3.05) is 18.0 Å². The van der Waals surface area contributed by atoms with Gasteiger partial charge in [-0.2, -0.15) is 28.4 Å². The molecule has 2 aromatic carbocycles. The van der Waals surface area contributed by atoms with E-state index in [4.69, 9.17) is 11.6 Å². The van der Waals surface area contributed by atoms with Crippen LogP contribution in [0.3, 0.4) is 0 Å². The molecule has 4 heterocycles. The Labute approximate surface area is 207 Å². The average Bonchev–Trinajstić information content (AvgIpc) is 3.61. The average molecular weight is 518 g/mol. The quantitative estimate of drug-likeness (QED) is 0.556. The molecule has 2 N–H and O–H groups in total. The number of hydrogen-bond donors (Lipinski definition) is 2. The van der Waals surface area contributed by atoms with Gasteiger partial charge >= 0.3 is 6.18 Å². The second kappa shape index (κ2) is 8.32. The number of piperazine rings is 1. The van der Waals surface area contributed by atoms with E-state index >= 15 is 0 Å². The largest absolute Gasteiger partial charge is 0.492 e. The van der Waals surface area contributed by atoms with E-state index in [1.54, 1.807) is 18.3 Å². The Bertz CT molecular complexity index is 1490. The van der Waals surface area contributed by atoms with Crippen LogP contribution in [0.2, 0.25) is 5.02 Å². The van der Waals surface area contributed by atoms with Crippen LogP contribution in [0.5, 0.6) is 5.88 Å². The monoisotopic (exact) mass is 517 g/mol. The molecule has 6 nitrogen and oxygen atoms in total. The Balaban J connectivity index is 1.50. The van der Waals surface area contributed by atoms with Crippen LogP contribution in [0.15, 0.2) is 46.6 Å². The first-order chi connectivity index (χ1) is 16.8. The molecular weight excluding hydrogens is 499 g/mol. The number of halogens is 4. The van der Waals surface area contributed by atoms with E-state index < -0.39 is 11.7 Å². The summed E-state index contributed by atoms with van der Waals surface area (Å²) in [5.41, 5.74) is 0.575. The molecule has 2 saturated heterocycles. The van der Waals surface area contributed by atoms with Crippen LogP contribution >= 0.6 is 22.9 Å². The van der Waals surface area contributed by atoms with Gasteiger partial charge < -0.3 is 15.3 Å². The number of hydrogen-bond acceptors (Lipinski definition) is 7. The van der Waals surface area contributed by atoms with Gasteiger partial charge in [0, 0.05) is 42.2 Å². The smallest absolute Gasteiger partial charge is 0.416 e. The molecule has 3 aliphatic rings. The maximum absolute atomic E-state index is 13.9. The van der Waals surface area contributed by atoms with Crippen LogP contribution in [0.1, 0.15) is 28.0 Å². The Hall–Kier alpha value is -2.95. The number of nitrogens with zero attached hydrogens (tertiary/aromatic N) is 4. The fourth-order valence-electron chi connectivity index (χ4n) is 4.98.